The topological polar surface area (TPSA) is 66.4 Å². The molecule has 19 heavy (non-hydrogen) atoms. The fourth-order valence-corrected chi connectivity index (χ4v) is 2.52. The lowest BCUT2D eigenvalue weighted by molar-refractivity contribution is -0.139. The zero-order valence-electron chi connectivity index (χ0n) is 9.67. The van der Waals surface area contributed by atoms with Gasteiger partial charge in [0.05, 0.1) is 9.21 Å². The number of thiophene rings is 1. The maximum absolute atomic E-state index is 11.9. The molecule has 1 unspecified atom stereocenters. The van der Waals surface area contributed by atoms with E-state index >= 15 is 0 Å². The number of amides is 1. The van der Waals surface area contributed by atoms with E-state index in [0.717, 1.165) is 11.3 Å². The molecule has 1 heterocycles. The first-order valence-corrected chi connectivity index (χ1v) is 6.61. The van der Waals surface area contributed by atoms with Crippen LogP contribution >= 0.6 is 22.9 Å². The third kappa shape index (κ3) is 3.33. The quantitative estimate of drug-likeness (QED) is 0.911. The van der Waals surface area contributed by atoms with Crippen LogP contribution in [0.25, 0.3) is 0 Å². The van der Waals surface area contributed by atoms with Crippen molar-refractivity contribution < 1.29 is 14.7 Å². The van der Waals surface area contributed by atoms with Crippen molar-refractivity contribution in [2.75, 3.05) is 0 Å². The number of carboxylic acid groups (broad SMARTS) is 1. The van der Waals surface area contributed by atoms with E-state index in [1.165, 1.54) is 0 Å². The summed E-state index contributed by atoms with van der Waals surface area (Å²) in [6.45, 7) is 0. The molecule has 0 fully saturated rings. The summed E-state index contributed by atoms with van der Waals surface area (Å²) < 4.78 is 0.483. The van der Waals surface area contributed by atoms with Gasteiger partial charge in [-0.2, -0.15) is 0 Å². The van der Waals surface area contributed by atoms with E-state index in [9.17, 15) is 14.7 Å². The molecule has 0 aliphatic carbocycles. The highest BCUT2D eigenvalue weighted by atomic mass is 35.5. The number of aliphatic carboxylic acids is 1. The highest BCUT2D eigenvalue weighted by Gasteiger charge is 2.23. The van der Waals surface area contributed by atoms with Crippen LogP contribution in [0, 0.1) is 0 Å². The van der Waals surface area contributed by atoms with Crippen LogP contribution in [-0.2, 0) is 4.79 Å². The smallest absolute Gasteiger partial charge is 0.330 e. The summed E-state index contributed by atoms with van der Waals surface area (Å²) in [4.78, 5) is 23.5. The molecular weight excluding hydrogens is 286 g/mol. The summed E-state index contributed by atoms with van der Waals surface area (Å²) in [5, 5.41) is 11.7. The molecule has 0 saturated heterocycles. The van der Waals surface area contributed by atoms with Crippen molar-refractivity contribution in [3.05, 3.63) is 57.2 Å². The normalized spacial score (nSPS) is 11.8. The molecule has 98 valence electrons. The third-order valence-electron chi connectivity index (χ3n) is 2.45. The van der Waals surface area contributed by atoms with Gasteiger partial charge in [-0.3, -0.25) is 4.79 Å². The number of halogens is 1. The fourth-order valence-electron chi connectivity index (χ4n) is 1.57. The van der Waals surface area contributed by atoms with Crippen LogP contribution in [0.15, 0.2) is 42.5 Å². The molecule has 0 aliphatic heterocycles. The van der Waals surface area contributed by atoms with Crippen molar-refractivity contribution in [1.82, 2.24) is 5.32 Å². The number of nitrogens with one attached hydrogen (secondary N) is 1. The summed E-state index contributed by atoms with van der Waals surface area (Å²) in [5.74, 6) is -1.56. The van der Waals surface area contributed by atoms with Gasteiger partial charge in [0, 0.05) is 0 Å². The highest BCUT2D eigenvalue weighted by molar-refractivity contribution is 7.18. The van der Waals surface area contributed by atoms with Crippen LogP contribution in [0.4, 0.5) is 0 Å². The molecule has 2 aromatic rings. The van der Waals surface area contributed by atoms with Crippen molar-refractivity contribution in [2.45, 2.75) is 6.04 Å². The fraction of sp³-hybridized carbons (Fsp3) is 0.0769. The second kappa shape index (κ2) is 5.86. The van der Waals surface area contributed by atoms with Gasteiger partial charge < -0.3 is 10.4 Å². The van der Waals surface area contributed by atoms with Crippen LogP contribution in [0.2, 0.25) is 4.34 Å². The molecule has 2 N–H and O–H groups in total. The molecule has 6 heteroatoms. The first-order valence-electron chi connectivity index (χ1n) is 5.42. The summed E-state index contributed by atoms with van der Waals surface area (Å²) in [6.07, 6.45) is 0. The van der Waals surface area contributed by atoms with Crippen LogP contribution in [0.1, 0.15) is 21.3 Å². The predicted molar refractivity (Wildman–Crippen MR) is 73.6 cm³/mol. The van der Waals surface area contributed by atoms with E-state index in [1.807, 2.05) is 0 Å². The monoisotopic (exact) mass is 295 g/mol. The number of hydrogen-bond donors (Lipinski definition) is 2. The molecule has 0 spiro atoms. The lowest BCUT2D eigenvalue weighted by atomic mass is 10.1. The Labute approximate surface area is 118 Å². The van der Waals surface area contributed by atoms with Crippen molar-refractivity contribution >= 4 is 34.8 Å². The predicted octanol–water partition coefficient (Wildman–Crippen LogP) is 2.96. The van der Waals surface area contributed by atoms with Crippen molar-refractivity contribution in [3.63, 3.8) is 0 Å². The molecular formula is C13H10ClNO3S. The van der Waals surface area contributed by atoms with Gasteiger partial charge in [-0.15, -0.1) is 11.3 Å². The zero-order valence-corrected chi connectivity index (χ0v) is 11.2. The van der Waals surface area contributed by atoms with Gasteiger partial charge >= 0.3 is 5.97 Å². The average Bonchev–Trinajstić information content (AvgIpc) is 2.83. The molecule has 2 rings (SSSR count). The van der Waals surface area contributed by atoms with Gasteiger partial charge in [0.1, 0.15) is 0 Å². The minimum absolute atomic E-state index is 0.382. The summed E-state index contributed by atoms with van der Waals surface area (Å²) >= 11 is 6.85. The molecule has 4 nitrogen and oxygen atoms in total. The Morgan fingerprint density at radius 2 is 1.84 bits per heavy atom. The molecule has 0 saturated carbocycles. The van der Waals surface area contributed by atoms with E-state index in [1.54, 1.807) is 42.5 Å². The Hall–Kier alpha value is -1.85. The Bertz CT molecular complexity index is 597. The lowest BCUT2D eigenvalue weighted by Crippen LogP contribution is -2.33. The van der Waals surface area contributed by atoms with Crippen molar-refractivity contribution in [1.29, 1.82) is 0 Å². The summed E-state index contributed by atoms with van der Waals surface area (Å²) in [6, 6.07) is 10.6. The van der Waals surface area contributed by atoms with Gasteiger partial charge in [0.15, 0.2) is 6.04 Å². The van der Waals surface area contributed by atoms with E-state index in [-0.39, 0.29) is 0 Å². The summed E-state index contributed by atoms with van der Waals surface area (Å²) in [5.41, 5.74) is 0.519. The minimum atomic E-state index is -1.11. The van der Waals surface area contributed by atoms with E-state index in [2.05, 4.69) is 5.32 Å². The Kier molecular flexibility index (Phi) is 4.19. The second-order valence-electron chi connectivity index (χ2n) is 3.76. The van der Waals surface area contributed by atoms with Crippen LogP contribution < -0.4 is 5.32 Å². The van der Waals surface area contributed by atoms with Gasteiger partial charge in [-0.1, -0.05) is 41.9 Å². The van der Waals surface area contributed by atoms with Crippen LogP contribution in [0.5, 0.6) is 0 Å². The van der Waals surface area contributed by atoms with Gasteiger partial charge in [0.25, 0.3) is 5.91 Å². The Morgan fingerprint density at radius 1 is 1.16 bits per heavy atom. The minimum Gasteiger partial charge on any atom is -0.479 e. The molecule has 1 amide bonds. The maximum Gasteiger partial charge on any atom is 0.330 e. The Morgan fingerprint density at radius 3 is 2.37 bits per heavy atom. The Balaban J connectivity index is 2.18. The number of hydrogen-bond acceptors (Lipinski definition) is 3. The number of carboxylic acids is 1. The largest absolute Gasteiger partial charge is 0.479 e. The number of carbonyl (C=O) groups is 2. The van der Waals surface area contributed by atoms with E-state index < -0.39 is 17.9 Å². The zero-order chi connectivity index (χ0) is 13.8. The standard InChI is InChI=1S/C13H10ClNO3S/c14-10-7-6-9(19-10)12(16)15-11(13(17)18)8-4-2-1-3-5-8/h1-7,11H,(H,15,16)(H,17,18). The number of rotatable bonds is 4. The van der Waals surface area contributed by atoms with Gasteiger partial charge in [0.2, 0.25) is 0 Å². The molecule has 0 aliphatic rings. The second-order valence-corrected chi connectivity index (χ2v) is 5.47. The van der Waals surface area contributed by atoms with Crippen molar-refractivity contribution in [3.8, 4) is 0 Å². The van der Waals surface area contributed by atoms with Gasteiger partial charge in [-0.25, -0.2) is 4.79 Å². The van der Waals surface area contributed by atoms with Crippen molar-refractivity contribution in [2.24, 2.45) is 0 Å². The molecule has 1 atom stereocenters. The van der Waals surface area contributed by atoms with Crippen LogP contribution in [0.3, 0.4) is 0 Å². The highest BCUT2D eigenvalue weighted by Crippen LogP contribution is 2.22. The molecule has 0 bridgehead atoms. The summed E-state index contributed by atoms with van der Waals surface area (Å²) in [7, 11) is 0. The van der Waals surface area contributed by atoms with Gasteiger partial charge in [-0.05, 0) is 17.7 Å². The molecule has 0 radical (unpaired) electrons. The molecule has 1 aromatic heterocycles. The maximum atomic E-state index is 11.9. The van der Waals surface area contributed by atoms with E-state index in [4.69, 9.17) is 11.6 Å². The van der Waals surface area contributed by atoms with Crippen LogP contribution in [-0.4, -0.2) is 17.0 Å². The number of carbonyl (C=O) groups excluding carboxylic acids is 1. The first-order chi connectivity index (χ1) is 9.08. The SMILES string of the molecule is O=C(NC(C(=O)O)c1ccccc1)c1ccc(Cl)s1. The third-order valence-corrected chi connectivity index (χ3v) is 3.68. The van der Waals surface area contributed by atoms with E-state index in [0.29, 0.717) is 14.8 Å². The average molecular weight is 296 g/mol. The molecule has 1 aromatic carbocycles. The first kappa shape index (κ1) is 13.6. The lowest BCUT2D eigenvalue weighted by Gasteiger charge is -2.14. The number of benzene rings is 1.